The summed E-state index contributed by atoms with van der Waals surface area (Å²) in [6.45, 7) is 0.897. The van der Waals surface area contributed by atoms with Crippen LogP contribution in [0, 0.1) is 23.2 Å². The SMILES string of the molecule is CC(NCC12CC3CC(CC(C3)C1)C2)(C(=O)O)C(F)(F)F. The molecule has 2 N–H and O–H groups in total. The molecular weight excluding hydrogens is 283 g/mol. The standard InChI is InChI=1S/C15H22F3NO2/c1-13(12(20)21,15(16,17)18)19-8-14-5-9-2-10(6-14)4-11(3-9)7-14/h9-11,19H,2-8H2,1H3,(H,20,21). The van der Waals surface area contributed by atoms with Crippen LogP contribution in [0.2, 0.25) is 0 Å². The lowest BCUT2D eigenvalue weighted by Crippen LogP contribution is -2.63. The van der Waals surface area contributed by atoms with Crippen molar-refractivity contribution in [3.05, 3.63) is 0 Å². The minimum Gasteiger partial charge on any atom is -0.480 e. The zero-order valence-electron chi connectivity index (χ0n) is 12.2. The third-order valence-electron chi connectivity index (χ3n) is 5.98. The maximum atomic E-state index is 13.1. The predicted octanol–water partition coefficient (Wildman–Crippen LogP) is 3.20. The molecule has 0 aliphatic heterocycles. The van der Waals surface area contributed by atoms with Gasteiger partial charge in [-0.1, -0.05) is 0 Å². The Morgan fingerprint density at radius 1 is 1.14 bits per heavy atom. The number of rotatable bonds is 4. The van der Waals surface area contributed by atoms with Gasteiger partial charge in [0.1, 0.15) is 0 Å². The molecule has 3 nitrogen and oxygen atoms in total. The number of hydrogen-bond acceptors (Lipinski definition) is 2. The number of carboxylic acids is 1. The highest BCUT2D eigenvalue weighted by Gasteiger charge is 2.59. The van der Waals surface area contributed by atoms with Crippen LogP contribution in [0.3, 0.4) is 0 Å². The second-order valence-electron chi connectivity index (χ2n) is 7.70. The van der Waals surface area contributed by atoms with Gasteiger partial charge in [0.05, 0.1) is 0 Å². The van der Waals surface area contributed by atoms with Crippen molar-refractivity contribution in [3.8, 4) is 0 Å². The molecule has 0 aromatic heterocycles. The van der Waals surface area contributed by atoms with E-state index in [9.17, 15) is 18.0 Å². The molecule has 0 heterocycles. The van der Waals surface area contributed by atoms with Gasteiger partial charge in [0.25, 0.3) is 0 Å². The Bertz CT molecular complexity index is 413. The summed E-state index contributed by atoms with van der Waals surface area (Å²) < 4.78 is 39.2. The fourth-order valence-electron chi connectivity index (χ4n) is 5.17. The molecule has 21 heavy (non-hydrogen) atoms. The first-order valence-electron chi connectivity index (χ1n) is 7.69. The average Bonchev–Trinajstić information content (AvgIpc) is 2.32. The largest absolute Gasteiger partial charge is 0.480 e. The highest BCUT2D eigenvalue weighted by atomic mass is 19.4. The smallest absolute Gasteiger partial charge is 0.417 e. The molecule has 0 amide bonds. The second-order valence-corrected chi connectivity index (χ2v) is 7.70. The van der Waals surface area contributed by atoms with Crippen LogP contribution < -0.4 is 5.32 Å². The Morgan fingerprint density at radius 3 is 1.90 bits per heavy atom. The fraction of sp³-hybridized carbons (Fsp3) is 0.933. The summed E-state index contributed by atoms with van der Waals surface area (Å²) in [5, 5.41) is 11.4. The van der Waals surface area contributed by atoms with Crippen molar-refractivity contribution in [2.75, 3.05) is 6.54 Å². The summed E-state index contributed by atoms with van der Waals surface area (Å²) in [7, 11) is 0. The van der Waals surface area contributed by atoms with E-state index in [1.807, 2.05) is 0 Å². The van der Waals surface area contributed by atoms with Crippen LogP contribution in [0.5, 0.6) is 0 Å². The van der Waals surface area contributed by atoms with E-state index >= 15 is 0 Å². The van der Waals surface area contributed by atoms with E-state index in [4.69, 9.17) is 5.11 Å². The number of nitrogens with one attached hydrogen (secondary N) is 1. The lowest BCUT2D eigenvalue weighted by Gasteiger charge is -2.57. The van der Waals surface area contributed by atoms with E-state index in [-0.39, 0.29) is 12.0 Å². The predicted molar refractivity (Wildman–Crippen MR) is 70.7 cm³/mol. The van der Waals surface area contributed by atoms with Crippen LogP contribution in [-0.2, 0) is 4.79 Å². The van der Waals surface area contributed by atoms with E-state index in [0.717, 1.165) is 26.2 Å². The topological polar surface area (TPSA) is 49.3 Å². The Labute approximate surface area is 122 Å². The van der Waals surface area contributed by atoms with E-state index in [1.165, 1.54) is 19.3 Å². The van der Waals surface area contributed by atoms with Crippen molar-refractivity contribution < 1.29 is 23.1 Å². The van der Waals surface area contributed by atoms with Crippen LogP contribution in [-0.4, -0.2) is 29.3 Å². The van der Waals surface area contributed by atoms with Crippen LogP contribution >= 0.6 is 0 Å². The normalized spacial score (nSPS) is 41.0. The molecule has 4 bridgehead atoms. The lowest BCUT2D eigenvalue weighted by atomic mass is 9.49. The van der Waals surface area contributed by atoms with Gasteiger partial charge in [0, 0.05) is 6.54 Å². The zero-order chi connectivity index (χ0) is 15.5. The Balaban J connectivity index is 1.73. The van der Waals surface area contributed by atoms with Gasteiger partial charge in [-0.25, -0.2) is 4.79 Å². The van der Waals surface area contributed by atoms with E-state index in [2.05, 4.69) is 5.32 Å². The van der Waals surface area contributed by atoms with E-state index in [1.54, 1.807) is 0 Å². The first-order chi connectivity index (χ1) is 9.64. The summed E-state index contributed by atoms with van der Waals surface area (Å²) >= 11 is 0. The number of aliphatic carboxylic acids is 1. The molecular formula is C15H22F3NO2. The lowest BCUT2D eigenvalue weighted by molar-refractivity contribution is -0.208. The first-order valence-corrected chi connectivity index (χ1v) is 7.69. The van der Waals surface area contributed by atoms with Crippen LogP contribution in [0.4, 0.5) is 13.2 Å². The Morgan fingerprint density at radius 2 is 1.57 bits per heavy atom. The molecule has 0 saturated heterocycles. The van der Waals surface area contributed by atoms with Crippen molar-refractivity contribution in [1.82, 2.24) is 5.32 Å². The van der Waals surface area contributed by atoms with Gasteiger partial charge >= 0.3 is 12.1 Å². The van der Waals surface area contributed by atoms with E-state index in [0.29, 0.717) is 17.8 Å². The molecule has 4 aliphatic rings. The molecule has 4 saturated carbocycles. The third kappa shape index (κ3) is 2.45. The second kappa shape index (κ2) is 4.61. The summed E-state index contributed by atoms with van der Waals surface area (Å²) in [5.41, 5.74) is -2.97. The molecule has 4 fully saturated rings. The van der Waals surface area contributed by atoms with Crippen molar-refractivity contribution in [1.29, 1.82) is 0 Å². The van der Waals surface area contributed by atoms with Gasteiger partial charge in [0.2, 0.25) is 5.54 Å². The van der Waals surface area contributed by atoms with Crippen molar-refractivity contribution in [3.63, 3.8) is 0 Å². The van der Waals surface area contributed by atoms with Gasteiger partial charge in [-0.15, -0.1) is 0 Å². The molecule has 6 heteroatoms. The number of carboxylic acid groups (broad SMARTS) is 1. The molecule has 0 aromatic carbocycles. The summed E-state index contributed by atoms with van der Waals surface area (Å²) in [4.78, 5) is 11.1. The number of hydrogen-bond donors (Lipinski definition) is 2. The van der Waals surface area contributed by atoms with Gasteiger partial charge in [-0.2, -0.15) is 13.2 Å². The van der Waals surface area contributed by atoms with Gasteiger partial charge < -0.3 is 5.11 Å². The number of carbonyl (C=O) groups is 1. The molecule has 0 spiro atoms. The Hall–Kier alpha value is -0.780. The summed E-state index contributed by atoms with van der Waals surface area (Å²) in [5.74, 6) is 0.0693. The van der Waals surface area contributed by atoms with Gasteiger partial charge in [-0.05, 0) is 68.6 Å². The first kappa shape index (κ1) is 15.1. The molecule has 4 rings (SSSR count). The maximum Gasteiger partial charge on any atom is 0.417 e. The Kier molecular flexibility index (Phi) is 3.32. The minimum absolute atomic E-state index is 0.114. The monoisotopic (exact) mass is 305 g/mol. The summed E-state index contributed by atoms with van der Waals surface area (Å²) in [6.07, 6.45) is 1.73. The third-order valence-corrected chi connectivity index (χ3v) is 5.98. The van der Waals surface area contributed by atoms with Crippen molar-refractivity contribution >= 4 is 5.97 Å². The fourth-order valence-corrected chi connectivity index (χ4v) is 5.17. The number of halogens is 3. The van der Waals surface area contributed by atoms with Gasteiger partial charge in [0.15, 0.2) is 0 Å². The maximum absolute atomic E-state index is 13.1. The van der Waals surface area contributed by atoms with E-state index < -0.39 is 17.7 Å². The average molecular weight is 305 g/mol. The molecule has 0 aromatic rings. The van der Waals surface area contributed by atoms with Crippen molar-refractivity contribution in [2.45, 2.75) is 57.2 Å². The molecule has 120 valence electrons. The van der Waals surface area contributed by atoms with Crippen molar-refractivity contribution in [2.24, 2.45) is 23.2 Å². The van der Waals surface area contributed by atoms with Gasteiger partial charge in [-0.3, -0.25) is 5.32 Å². The minimum atomic E-state index is -4.79. The van der Waals surface area contributed by atoms with Crippen LogP contribution in [0.1, 0.15) is 45.4 Å². The highest BCUT2D eigenvalue weighted by molar-refractivity contribution is 5.79. The molecule has 1 unspecified atom stereocenters. The molecule has 0 radical (unpaired) electrons. The molecule has 4 aliphatic carbocycles. The zero-order valence-corrected chi connectivity index (χ0v) is 12.2. The quantitative estimate of drug-likeness (QED) is 0.838. The highest BCUT2D eigenvalue weighted by Crippen LogP contribution is 2.59. The summed E-state index contributed by atoms with van der Waals surface area (Å²) in [6, 6.07) is 0. The number of alkyl halides is 3. The van der Waals surface area contributed by atoms with Crippen LogP contribution in [0.25, 0.3) is 0 Å². The molecule has 1 atom stereocenters. The van der Waals surface area contributed by atoms with Crippen LogP contribution in [0.15, 0.2) is 0 Å².